The van der Waals surface area contributed by atoms with Gasteiger partial charge in [0.15, 0.2) is 5.78 Å². The van der Waals surface area contributed by atoms with Gasteiger partial charge in [-0.05, 0) is 50.1 Å². The second kappa shape index (κ2) is 5.79. The van der Waals surface area contributed by atoms with E-state index in [9.17, 15) is 18.3 Å². The Balaban J connectivity index is 1.97. The first-order valence-corrected chi connectivity index (χ1v) is 8.75. The van der Waals surface area contributed by atoms with Crippen LogP contribution in [-0.4, -0.2) is 19.3 Å². The lowest BCUT2D eigenvalue weighted by Crippen LogP contribution is -2.12. The highest BCUT2D eigenvalue weighted by atomic mass is 32.2. The van der Waals surface area contributed by atoms with Crippen molar-refractivity contribution in [3.63, 3.8) is 0 Å². The van der Waals surface area contributed by atoms with Crippen LogP contribution >= 0.6 is 0 Å². The van der Waals surface area contributed by atoms with Gasteiger partial charge >= 0.3 is 10.1 Å². The van der Waals surface area contributed by atoms with E-state index in [0.29, 0.717) is 12.0 Å². The molecule has 0 saturated carbocycles. The summed E-state index contributed by atoms with van der Waals surface area (Å²) < 4.78 is 29.8. The van der Waals surface area contributed by atoms with E-state index >= 15 is 0 Å². The molecule has 0 aromatic heterocycles. The molecule has 0 fully saturated rings. The standard InChI is InChI=1S/C18H16O5S/c1-11-3-5-15(6-4-11)24(21,22)23-14-9-13-7-12(2)8-16(19)18(13)17(20)10-14/h3-6,8-10,20H,7H2,1-2H3. The highest BCUT2D eigenvalue weighted by Gasteiger charge is 2.23. The fourth-order valence-electron chi connectivity index (χ4n) is 2.66. The molecule has 0 amide bonds. The largest absolute Gasteiger partial charge is 0.507 e. The number of allylic oxidation sites excluding steroid dienone is 2. The minimum absolute atomic E-state index is 0.0191. The smallest absolute Gasteiger partial charge is 0.339 e. The van der Waals surface area contributed by atoms with E-state index in [0.717, 1.165) is 17.2 Å². The fourth-order valence-corrected chi connectivity index (χ4v) is 3.57. The second-order valence-corrected chi connectivity index (χ2v) is 7.41. The number of hydrogen-bond acceptors (Lipinski definition) is 5. The molecule has 0 saturated heterocycles. The molecule has 0 spiro atoms. The summed E-state index contributed by atoms with van der Waals surface area (Å²) in [5.74, 6) is -0.594. The summed E-state index contributed by atoms with van der Waals surface area (Å²) in [6.07, 6.45) is 1.92. The lowest BCUT2D eigenvalue weighted by molar-refractivity contribution is 0.104. The molecule has 0 atom stereocenters. The zero-order chi connectivity index (χ0) is 17.5. The van der Waals surface area contributed by atoms with E-state index in [1.165, 1.54) is 24.3 Å². The monoisotopic (exact) mass is 344 g/mol. The molecular formula is C18H16O5S. The molecule has 0 radical (unpaired) electrons. The van der Waals surface area contributed by atoms with Gasteiger partial charge in [-0.3, -0.25) is 4.79 Å². The Hall–Kier alpha value is -2.60. The molecule has 1 aliphatic rings. The third-order valence-electron chi connectivity index (χ3n) is 3.78. The predicted octanol–water partition coefficient (Wildman–Crippen LogP) is 3.15. The Morgan fingerprint density at radius 3 is 2.42 bits per heavy atom. The van der Waals surface area contributed by atoms with Crippen LogP contribution < -0.4 is 4.18 Å². The number of phenolic OH excluding ortho intramolecular Hbond substituents is 1. The topological polar surface area (TPSA) is 80.7 Å². The lowest BCUT2D eigenvalue weighted by Gasteiger charge is -2.16. The first kappa shape index (κ1) is 16.3. The number of carbonyl (C=O) groups is 1. The lowest BCUT2D eigenvalue weighted by atomic mass is 9.90. The van der Waals surface area contributed by atoms with Gasteiger partial charge in [0, 0.05) is 6.07 Å². The van der Waals surface area contributed by atoms with Gasteiger partial charge < -0.3 is 9.29 Å². The molecule has 3 rings (SSSR count). The van der Waals surface area contributed by atoms with Gasteiger partial charge in [-0.2, -0.15) is 8.42 Å². The van der Waals surface area contributed by atoms with Crippen molar-refractivity contribution in [1.29, 1.82) is 0 Å². The van der Waals surface area contributed by atoms with Gasteiger partial charge in [-0.25, -0.2) is 0 Å². The first-order valence-electron chi connectivity index (χ1n) is 7.35. The molecule has 6 heteroatoms. The molecule has 2 aromatic carbocycles. The molecule has 0 unspecified atom stereocenters. The molecule has 124 valence electrons. The second-order valence-electron chi connectivity index (χ2n) is 5.86. The number of ketones is 1. The molecule has 1 N–H and O–H groups in total. The zero-order valence-electron chi connectivity index (χ0n) is 13.2. The summed E-state index contributed by atoms with van der Waals surface area (Å²) in [5, 5.41) is 10.1. The number of aryl methyl sites for hydroxylation is 1. The third kappa shape index (κ3) is 3.05. The average molecular weight is 344 g/mol. The van der Waals surface area contributed by atoms with Crippen molar-refractivity contribution < 1.29 is 22.5 Å². The van der Waals surface area contributed by atoms with Crippen molar-refractivity contribution in [1.82, 2.24) is 0 Å². The van der Waals surface area contributed by atoms with Crippen molar-refractivity contribution in [3.8, 4) is 11.5 Å². The fraction of sp³-hybridized carbons (Fsp3) is 0.167. The molecular weight excluding hydrogens is 328 g/mol. The van der Waals surface area contributed by atoms with Crippen molar-refractivity contribution in [3.05, 3.63) is 64.7 Å². The molecule has 0 aliphatic heterocycles. The van der Waals surface area contributed by atoms with Gasteiger partial charge in [0.1, 0.15) is 16.4 Å². The zero-order valence-corrected chi connectivity index (χ0v) is 14.1. The Labute approximate surface area is 140 Å². The quantitative estimate of drug-likeness (QED) is 0.865. The first-order chi connectivity index (χ1) is 11.3. The van der Waals surface area contributed by atoms with E-state index in [4.69, 9.17) is 4.18 Å². The third-order valence-corrected chi connectivity index (χ3v) is 5.04. The molecule has 0 heterocycles. The van der Waals surface area contributed by atoms with E-state index in [2.05, 4.69) is 0 Å². The summed E-state index contributed by atoms with van der Waals surface area (Å²) in [5.41, 5.74) is 2.52. The number of phenols is 1. The minimum atomic E-state index is -4.01. The number of rotatable bonds is 3. The SMILES string of the molecule is CC1=CC(=O)c2c(O)cc(OS(=O)(=O)c3ccc(C)cc3)cc2C1. The van der Waals surface area contributed by atoms with Crippen LogP contribution in [0.15, 0.2) is 52.9 Å². The number of hydrogen-bond donors (Lipinski definition) is 1. The van der Waals surface area contributed by atoms with Crippen molar-refractivity contribution in [2.45, 2.75) is 25.2 Å². The Morgan fingerprint density at radius 1 is 1.08 bits per heavy atom. The van der Waals surface area contributed by atoms with Crippen LogP contribution in [0.1, 0.15) is 28.4 Å². The molecule has 24 heavy (non-hydrogen) atoms. The molecule has 0 bridgehead atoms. The number of carbonyl (C=O) groups excluding carboxylic acids is 1. The summed E-state index contributed by atoms with van der Waals surface area (Å²) in [4.78, 5) is 12.0. The normalized spacial score (nSPS) is 14.1. The van der Waals surface area contributed by atoms with Gasteiger partial charge in [-0.1, -0.05) is 23.3 Å². The van der Waals surface area contributed by atoms with Crippen LogP contribution in [0.2, 0.25) is 0 Å². The summed E-state index contributed by atoms with van der Waals surface area (Å²) in [6, 6.07) is 8.89. The van der Waals surface area contributed by atoms with E-state index in [1.54, 1.807) is 19.1 Å². The van der Waals surface area contributed by atoms with Crippen LogP contribution in [0.5, 0.6) is 11.5 Å². The molecule has 5 nitrogen and oxygen atoms in total. The van der Waals surface area contributed by atoms with E-state index < -0.39 is 10.1 Å². The number of aromatic hydroxyl groups is 1. The number of benzene rings is 2. The minimum Gasteiger partial charge on any atom is -0.507 e. The molecule has 2 aromatic rings. The maximum atomic E-state index is 12.3. The highest BCUT2D eigenvalue weighted by molar-refractivity contribution is 7.87. The number of fused-ring (bicyclic) bond motifs is 1. The Bertz CT molecular complexity index is 954. The van der Waals surface area contributed by atoms with Crippen LogP contribution in [0, 0.1) is 6.92 Å². The van der Waals surface area contributed by atoms with Crippen LogP contribution in [0.4, 0.5) is 0 Å². The maximum Gasteiger partial charge on any atom is 0.339 e. The molecule has 1 aliphatic carbocycles. The van der Waals surface area contributed by atoms with E-state index in [1.807, 2.05) is 6.92 Å². The predicted molar refractivity (Wildman–Crippen MR) is 88.9 cm³/mol. The van der Waals surface area contributed by atoms with Gasteiger partial charge in [-0.15, -0.1) is 0 Å². The average Bonchev–Trinajstić information content (AvgIpc) is 2.45. The summed E-state index contributed by atoms with van der Waals surface area (Å²) in [7, 11) is -4.01. The van der Waals surface area contributed by atoms with Crippen molar-refractivity contribution in [2.24, 2.45) is 0 Å². The Morgan fingerprint density at radius 2 is 1.75 bits per heavy atom. The van der Waals surface area contributed by atoms with Gasteiger partial charge in [0.05, 0.1) is 5.56 Å². The summed E-state index contributed by atoms with van der Waals surface area (Å²) in [6.45, 7) is 3.65. The van der Waals surface area contributed by atoms with Crippen LogP contribution in [0.3, 0.4) is 0 Å². The highest BCUT2D eigenvalue weighted by Crippen LogP contribution is 2.34. The van der Waals surface area contributed by atoms with Crippen molar-refractivity contribution in [2.75, 3.05) is 0 Å². The van der Waals surface area contributed by atoms with Crippen LogP contribution in [-0.2, 0) is 16.5 Å². The maximum absolute atomic E-state index is 12.3. The summed E-state index contributed by atoms with van der Waals surface area (Å²) >= 11 is 0. The van der Waals surface area contributed by atoms with Crippen molar-refractivity contribution >= 4 is 15.9 Å². The van der Waals surface area contributed by atoms with Crippen LogP contribution in [0.25, 0.3) is 0 Å². The van der Waals surface area contributed by atoms with E-state index in [-0.39, 0.29) is 27.7 Å². The van der Waals surface area contributed by atoms with Gasteiger partial charge in [0.25, 0.3) is 0 Å². The van der Waals surface area contributed by atoms with Gasteiger partial charge in [0.2, 0.25) is 0 Å². The Kier molecular flexibility index (Phi) is 3.93.